The van der Waals surface area contributed by atoms with E-state index in [4.69, 9.17) is 4.74 Å². The summed E-state index contributed by atoms with van der Waals surface area (Å²) in [7, 11) is 0. The van der Waals surface area contributed by atoms with Gasteiger partial charge in [-0.3, -0.25) is 14.4 Å². The zero-order valence-electron chi connectivity index (χ0n) is 24.7. The predicted octanol–water partition coefficient (Wildman–Crippen LogP) is 4.42. The Morgan fingerprint density at radius 2 is 1.80 bits per heavy atom. The summed E-state index contributed by atoms with van der Waals surface area (Å²) in [6.45, 7) is 16.0. The molecule has 1 N–H and O–H groups in total. The van der Waals surface area contributed by atoms with Crippen molar-refractivity contribution in [2.75, 3.05) is 49.2 Å². The lowest BCUT2D eigenvalue weighted by atomic mass is 9.66. The Kier molecular flexibility index (Phi) is 9.90. The molecule has 0 aliphatic carbocycles. The van der Waals surface area contributed by atoms with Crippen molar-refractivity contribution in [1.82, 2.24) is 4.90 Å². The lowest BCUT2D eigenvalue weighted by Crippen LogP contribution is -2.55. The van der Waals surface area contributed by atoms with Crippen molar-refractivity contribution in [3.05, 3.63) is 49.6 Å². The summed E-state index contributed by atoms with van der Waals surface area (Å²) >= 11 is 1.61. The SMILES string of the molecule is C=CCCCCOC(=O)[C@H]1[C@H]2C(=O)N(CCO)C(C(=O)N(CC=C)c3ccc(N(CC)CC)cc3)C23CC[C@]1(C)S3. The molecule has 5 atom stereocenters. The lowest BCUT2D eigenvalue weighted by Gasteiger charge is -2.37. The largest absolute Gasteiger partial charge is 0.465 e. The number of carbonyl (C=O) groups is 3. The van der Waals surface area contributed by atoms with E-state index in [-0.39, 0.29) is 37.5 Å². The molecule has 8 nitrogen and oxygen atoms in total. The summed E-state index contributed by atoms with van der Waals surface area (Å²) in [6, 6.07) is 7.09. The Balaban J connectivity index is 1.66. The highest BCUT2D eigenvalue weighted by atomic mass is 32.2. The summed E-state index contributed by atoms with van der Waals surface area (Å²) in [5, 5.41) is 9.93. The molecular weight excluding hydrogens is 538 g/mol. The van der Waals surface area contributed by atoms with Crippen molar-refractivity contribution in [3.8, 4) is 0 Å². The molecule has 3 saturated heterocycles. The molecule has 2 unspecified atom stereocenters. The minimum absolute atomic E-state index is 0.0386. The van der Waals surface area contributed by atoms with Crippen LogP contribution in [0.4, 0.5) is 11.4 Å². The van der Waals surface area contributed by atoms with Gasteiger partial charge in [-0.25, -0.2) is 0 Å². The van der Waals surface area contributed by atoms with Gasteiger partial charge in [0.15, 0.2) is 0 Å². The van der Waals surface area contributed by atoms with Gasteiger partial charge in [0.25, 0.3) is 5.91 Å². The number of fused-ring (bicyclic) bond motifs is 1. The van der Waals surface area contributed by atoms with Gasteiger partial charge in [0.1, 0.15) is 6.04 Å². The number of rotatable bonds is 15. The second-order valence-corrected chi connectivity index (χ2v) is 13.3. The quantitative estimate of drug-likeness (QED) is 0.186. The van der Waals surface area contributed by atoms with Gasteiger partial charge in [-0.1, -0.05) is 12.2 Å². The van der Waals surface area contributed by atoms with E-state index >= 15 is 0 Å². The predicted molar refractivity (Wildman–Crippen MR) is 165 cm³/mol. The number of benzene rings is 1. The average molecular weight is 584 g/mol. The summed E-state index contributed by atoms with van der Waals surface area (Å²) in [6.07, 6.45) is 7.38. The molecule has 9 heteroatoms. The first-order valence-electron chi connectivity index (χ1n) is 14.9. The number of ether oxygens (including phenoxy) is 1. The molecule has 3 aliphatic rings. The van der Waals surface area contributed by atoms with Gasteiger partial charge in [0, 0.05) is 42.3 Å². The number of hydrogen-bond donors (Lipinski definition) is 1. The van der Waals surface area contributed by atoms with Gasteiger partial charge in [-0.2, -0.15) is 0 Å². The fourth-order valence-electron chi connectivity index (χ4n) is 7.10. The molecule has 0 saturated carbocycles. The monoisotopic (exact) mass is 583 g/mol. The molecule has 3 aliphatic heterocycles. The Morgan fingerprint density at radius 3 is 2.41 bits per heavy atom. The van der Waals surface area contributed by atoms with Crippen LogP contribution in [-0.4, -0.2) is 82.7 Å². The Hall–Kier alpha value is -2.78. The van der Waals surface area contributed by atoms with Gasteiger partial charge < -0.3 is 24.5 Å². The molecule has 2 bridgehead atoms. The third kappa shape index (κ3) is 5.55. The Labute approximate surface area is 248 Å². The van der Waals surface area contributed by atoms with Crippen LogP contribution in [0.1, 0.15) is 52.9 Å². The van der Waals surface area contributed by atoms with E-state index in [0.29, 0.717) is 19.4 Å². The highest BCUT2D eigenvalue weighted by molar-refractivity contribution is 8.02. The number of thioether (sulfide) groups is 1. The van der Waals surface area contributed by atoms with Crippen LogP contribution < -0.4 is 9.80 Å². The normalized spacial score (nSPS) is 28.0. The van der Waals surface area contributed by atoms with E-state index in [2.05, 4.69) is 31.9 Å². The lowest BCUT2D eigenvalue weighted by molar-refractivity contribution is -0.155. The number of unbranched alkanes of at least 4 members (excludes halogenated alkanes) is 2. The molecule has 4 rings (SSSR count). The number of anilines is 2. The van der Waals surface area contributed by atoms with Crippen molar-refractivity contribution in [1.29, 1.82) is 0 Å². The first-order valence-corrected chi connectivity index (χ1v) is 15.7. The molecule has 41 heavy (non-hydrogen) atoms. The second kappa shape index (κ2) is 13.0. The molecule has 0 radical (unpaired) electrons. The van der Waals surface area contributed by atoms with Crippen LogP contribution in [0.2, 0.25) is 0 Å². The van der Waals surface area contributed by atoms with Crippen LogP contribution in [0.25, 0.3) is 0 Å². The zero-order chi connectivity index (χ0) is 29.8. The highest BCUT2D eigenvalue weighted by Crippen LogP contribution is 2.71. The van der Waals surface area contributed by atoms with Crippen LogP contribution in [0.3, 0.4) is 0 Å². The number of β-amino-alcohol motifs (C(OH)–C–C–N with tert-alkyl or cyclic N) is 1. The molecule has 3 fully saturated rings. The highest BCUT2D eigenvalue weighted by Gasteiger charge is 2.77. The maximum Gasteiger partial charge on any atom is 0.311 e. The first-order chi connectivity index (χ1) is 19.7. The number of esters is 1. The van der Waals surface area contributed by atoms with E-state index in [1.54, 1.807) is 22.7 Å². The van der Waals surface area contributed by atoms with Crippen molar-refractivity contribution in [2.24, 2.45) is 11.8 Å². The fourth-order valence-corrected chi connectivity index (χ4v) is 9.43. The summed E-state index contributed by atoms with van der Waals surface area (Å²) in [5.74, 6) is -2.10. The van der Waals surface area contributed by atoms with Gasteiger partial charge in [-0.15, -0.1) is 24.9 Å². The van der Waals surface area contributed by atoms with Gasteiger partial charge in [0.05, 0.1) is 29.8 Å². The molecule has 1 aromatic carbocycles. The molecule has 2 amide bonds. The van der Waals surface area contributed by atoms with E-state index in [9.17, 15) is 19.5 Å². The maximum absolute atomic E-state index is 14.5. The van der Waals surface area contributed by atoms with E-state index in [1.165, 1.54) is 4.90 Å². The summed E-state index contributed by atoms with van der Waals surface area (Å²) < 4.78 is 4.47. The fraction of sp³-hybridized carbons (Fsp3) is 0.594. The smallest absolute Gasteiger partial charge is 0.311 e. The van der Waals surface area contributed by atoms with Gasteiger partial charge in [0.2, 0.25) is 5.91 Å². The minimum atomic E-state index is -0.799. The molecule has 0 aromatic heterocycles. The third-order valence-corrected chi connectivity index (χ3v) is 11.0. The number of allylic oxidation sites excluding steroid dienone is 1. The number of amides is 2. The molecular formula is C32H45N3O5S. The van der Waals surface area contributed by atoms with Gasteiger partial charge in [-0.05, 0) is 77.1 Å². The number of likely N-dealkylation sites (tertiary alicyclic amines) is 1. The maximum atomic E-state index is 14.5. The second-order valence-electron chi connectivity index (χ2n) is 11.4. The third-order valence-electron chi connectivity index (χ3n) is 9.02. The summed E-state index contributed by atoms with van der Waals surface area (Å²) in [5.41, 5.74) is 1.80. The molecule has 3 heterocycles. The topological polar surface area (TPSA) is 90.4 Å². The van der Waals surface area contributed by atoms with Crippen LogP contribution in [0.15, 0.2) is 49.6 Å². The summed E-state index contributed by atoms with van der Waals surface area (Å²) in [4.78, 5) is 47.5. The van der Waals surface area contributed by atoms with Crippen molar-refractivity contribution < 1.29 is 24.2 Å². The van der Waals surface area contributed by atoms with Crippen LogP contribution in [-0.2, 0) is 19.1 Å². The number of nitrogens with zero attached hydrogens (tertiary/aromatic N) is 3. The van der Waals surface area contributed by atoms with E-state index < -0.39 is 27.4 Å². The van der Waals surface area contributed by atoms with Crippen LogP contribution in [0, 0.1) is 11.8 Å². The average Bonchev–Trinajstić information content (AvgIpc) is 3.53. The minimum Gasteiger partial charge on any atom is -0.465 e. The van der Waals surface area contributed by atoms with Crippen LogP contribution in [0.5, 0.6) is 0 Å². The van der Waals surface area contributed by atoms with Crippen molar-refractivity contribution >= 4 is 40.9 Å². The molecule has 1 spiro atoms. The van der Waals surface area contributed by atoms with E-state index in [1.807, 2.05) is 37.3 Å². The number of hydrogen-bond acceptors (Lipinski definition) is 7. The van der Waals surface area contributed by atoms with E-state index in [0.717, 1.165) is 43.7 Å². The number of aliphatic hydroxyl groups is 1. The zero-order valence-corrected chi connectivity index (χ0v) is 25.5. The Morgan fingerprint density at radius 1 is 1.12 bits per heavy atom. The van der Waals surface area contributed by atoms with Crippen LogP contribution >= 0.6 is 11.8 Å². The number of aliphatic hydroxyl groups excluding tert-OH is 1. The first kappa shape index (κ1) is 31.2. The van der Waals surface area contributed by atoms with Crippen molar-refractivity contribution in [2.45, 2.75) is 68.4 Å². The van der Waals surface area contributed by atoms with Crippen molar-refractivity contribution in [3.63, 3.8) is 0 Å². The standard InChI is InChI=1S/C32H45N3O5S/c1-6-10-11-12-22-40-30(39)26-25-28(37)35(20-21-36)27(32(25)18-17-31(26,5)41-32)29(38)34(19-7-2)24-15-13-23(14-16-24)33(8-3)9-4/h6-7,13-16,25-27,36H,1-2,8-12,17-22H2,3-5H3/t25-,26+,27?,31-,32?/m0/s1. The van der Waals surface area contributed by atoms with Gasteiger partial charge >= 0.3 is 5.97 Å². The Bertz CT molecular complexity index is 1140. The molecule has 224 valence electrons. The number of carbonyl (C=O) groups excluding carboxylic acids is 3. The molecule has 1 aromatic rings.